The van der Waals surface area contributed by atoms with Crippen LogP contribution < -0.4 is 4.90 Å². The van der Waals surface area contributed by atoms with Crippen molar-refractivity contribution in [2.24, 2.45) is 0 Å². The lowest BCUT2D eigenvalue weighted by Crippen LogP contribution is -2.45. The van der Waals surface area contributed by atoms with Gasteiger partial charge in [-0.1, -0.05) is 0 Å². The second kappa shape index (κ2) is 5.15. The lowest BCUT2D eigenvalue weighted by atomic mass is 10.0. The van der Waals surface area contributed by atoms with Gasteiger partial charge in [0.05, 0.1) is 11.9 Å². The smallest absolute Gasteiger partial charge is 0.140 e. The molecule has 2 rings (SSSR count). The molecule has 90 valence electrons. The van der Waals surface area contributed by atoms with E-state index >= 15 is 0 Å². The van der Waals surface area contributed by atoms with E-state index in [0.717, 1.165) is 12.2 Å². The van der Waals surface area contributed by atoms with Crippen molar-refractivity contribution in [1.29, 1.82) is 5.26 Å². The Bertz CT molecular complexity index is 406. The molecular weight excluding hydrogens is 212 g/mol. The average Bonchev–Trinajstić information content (AvgIpc) is 2.38. The van der Waals surface area contributed by atoms with Crippen LogP contribution in [0, 0.1) is 11.3 Å². The highest BCUT2D eigenvalue weighted by Gasteiger charge is 2.21. The highest BCUT2D eigenvalue weighted by molar-refractivity contribution is 5.46. The van der Waals surface area contributed by atoms with Crippen LogP contribution in [0.1, 0.15) is 18.5 Å². The molecule has 2 heterocycles. The van der Waals surface area contributed by atoms with Gasteiger partial charge >= 0.3 is 0 Å². The monoisotopic (exact) mass is 230 g/mol. The van der Waals surface area contributed by atoms with Gasteiger partial charge in [0.1, 0.15) is 11.8 Å². The number of rotatable bonds is 2. The molecule has 1 atom stereocenters. The first-order valence-corrected chi connectivity index (χ1v) is 5.98. The third-order valence-electron chi connectivity index (χ3n) is 3.42. The van der Waals surface area contributed by atoms with E-state index < -0.39 is 0 Å². The van der Waals surface area contributed by atoms with Crippen molar-refractivity contribution >= 4 is 5.69 Å². The van der Waals surface area contributed by atoms with E-state index in [0.29, 0.717) is 11.7 Å². The maximum absolute atomic E-state index is 8.72. The van der Waals surface area contributed by atoms with E-state index in [9.17, 15) is 0 Å². The zero-order chi connectivity index (χ0) is 12.3. The topological polar surface area (TPSA) is 43.2 Å². The first kappa shape index (κ1) is 11.9. The summed E-state index contributed by atoms with van der Waals surface area (Å²) < 4.78 is 0. The van der Waals surface area contributed by atoms with Crippen LogP contribution >= 0.6 is 0 Å². The van der Waals surface area contributed by atoms with Gasteiger partial charge in [-0.25, -0.2) is 4.98 Å². The number of pyridine rings is 1. The Hall–Kier alpha value is -1.60. The van der Waals surface area contributed by atoms with Crippen LogP contribution in [-0.2, 0) is 0 Å². The van der Waals surface area contributed by atoms with Crippen molar-refractivity contribution in [3.05, 3.63) is 24.0 Å². The summed E-state index contributed by atoms with van der Waals surface area (Å²) in [5.74, 6) is 0. The van der Waals surface area contributed by atoms with Crippen LogP contribution in [0.5, 0.6) is 0 Å². The zero-order valence-corrected chi connectivity index (χ0v) is 10.4. The molecule has 1 aromatic heterocycles. The lowest BCUT2D eigenvalue weighted by Gasteiger charge is -2.36. The van der Waals surface area contributed by atoms with E-state index in [1.54, 1.807) is 12.3 Å². The minimum absolute atomic E-state index is 0.475. The van der Waals surface area contributed by atoms with Crippen LogP contribution in [0.25, 0.3) is 0 Å². The molecule has 1 saturated heterocycles. The number of piperidine rings is 1. The Morgan fingerprint density at radius 1 is 1.53 bits per heavy atom. The molecule has 0 N–H and O–H groups in total. The summed E-state index contributed by atoms with van der Waals surface area (Å²) >= 11 is 0. The SMILES string of the molecule is CN1CCCC(N(C)c2ccc(C#N)nc2)C1. The fourth-order valence-electron chi connectivity index (χ4n) is 2.33. The summed E-state index contributed by atoms with van der Waals surface area (Å²) in [6.07, 6.45) is 4.25. The molecule has 0 amide bonds. The largest absolute Gasteiger partial charge is 0.369 e. The van der Waals surface area contributed by atoms with Crippen LogP contribution in [-0.4, -0.2) is 43.1 Å². The molecule has 1 aliphatic heterocycles. The second-order valence-electron chi connectivity index (χ2n) is 4.68. The molecule has 4 nitrogen and oxygen atoms in total. The summed E-state index contributed by atoms with van der Waals surface area (Å²) in [6, 6.07) is 6.34. The minimum atomic E-state index is 0.475. The van der Waals surface area contributed by atoms with Crippen molar-refractivity contribution in [2.45, 2.75) is 18.9 Å². The number of anilines is 1. The first-order chi connectivity index (χ1) is 8.20. The highest BCUT2D eigenvalue weighted by atomic mass is 15.2. The van der Waals surface area contributed by atoms with E-state index in [-0.39, 0.29) is 0 Å². The van der Waals surface area contributed by atoms with Crippen molar-refractivity contribution < 1.29 is 0 Å². The Kier molecular flexibility index (Phi) is 3.60. The van der Waals surface area contributed by atoms with Crippen LogP contribution in [0.15, 0.2) is 18.3 Å². The number of nitriles is 1. The molecule has 1 aromatic rings. The molecule has 1 aliphatic rings. The Morgan fingerprint density at radius 3 is 2.94 bits per heavy atom. The number of aromatic nitrogens is 1. The van der Waals surface area contributed by atoms with Crippen LogP contribution in [0.4, 0.5) is 5.69 Å². The molecule has 0 spiro atoms. The van der Waals surface area contributed by atoms with Gasteiger partial charge in [-0.3, -0.25) is 0 Å². The molecule has 0 aromatic carbocycles. The third kappa shape index (κ3) is 2.75. The maximum Gasteiger partial charge on any atom is 0.140 e. The predicted octanol–water partition coefficient (Wildman–Crippen LogP) is 1.48. The normalized spacial score (nSPS) is 20.9. The van der Waals surface area contributed by atoms with Gasteiger partial charge in [-0.15, -0.1) is 0 Å². The average molecular weight is 230 g/mol. The number of nitrogens with zero attached hydrogens (tertiary/aromatic N) is 4. The zero-order valence-electron chi connectivity index (χ0n) is 10.4. The van der Waals surface area contributed by atoms with Crippen molar-refractivity contribution in [3.63, 3.8) is 0 Å². The molecule has 4 heteroatoms. The van der Waals surface area contributed by atoms with Gasteiger partial charge in [0, 0.05) is 19.6 Å². The molecule has 17 heavy (non-hydrogen) atoms. The summed E-state index contributed by atoms with van der Waals surface area (Å²) in [5.41, 5.74) is 1.56. The van der Waals surface area contributed by atoms with Crippen molar-refractivity contribution in [1.82, 2.24) is 9.88 Å². The first-order valence-electron chi connectivity index (χ1n) is 5.98. The number of hydrogen-bond acceptors (Lipinski definition) is 4. The van der Waals surface area contributed by atoms with Gasteiger partial charge in [0.15, 0.2) is 0 Å². The van der Waals surface area contributed by atoms with Crippen molar-refractivity contribution in [3.8, 4) is 6.07 Å². The van der Waals surface area contributed by atoms with Gasteiger partial charge in [-0.2, -0.15) is 5.26 Å². The highest BCUT2D eigenvalue weighted by Crippen LogP contribution is 2.20. The summed E-state index contributed by atoms with van der Waals surface area (Å²) in [6.45, 7) is 2.28. The van der Waals surface area contributed by atoms with E-state index in [4.69, 9.17) is 5.26 Å². The fraction of sp³-hybridized carbons (Fsp3) is 0.538. The number of hydrogen-bond donors (Lipinski definition) is 0. The molecule has 1 unspecified atom stereocenters. The quantitative estimate of drug-likeness (QED) is 0.772. The molecule has 0 radical (unpaired) electrons. The third-order valence-corrected chi connectivity index (χ3v) is 3.42. The predicted molar refractivity (Wildman–Crippen MR) is 67.9 cm³/mol. The van der Waals surface area contributed by atoms with E-state index in [1.807, 2.05) is 12.1 Å². The molecule has 0 saturated carbocycles. The van der Waals surface area contributed by atoms with Crippen molar-refractivity contribution in [2.75, 3.05) is 32.1 Å². The molecule has 0 aliphatic carbocycles. The van der Waals surface area contributed by atoms with E-state index in [1.165, 1.54) is 19.4 Å². The molecule has 1 fully saturated rings. The minimum Gasteiger partial charge on any atom is -0.369 e. The molecular formula is C13H18N4. The van der Waals surface area contributed by atoms with Gasteiger partial charge in [-0.05, 0) is 38.6 Å². The second-order valence-corrected chi connectivity index (χ2v) is 4.68. The fourth-order valence-corrected chi connectivity index (χ4v) is 2.33. The van der Waals surface area contributed by atoms with Gasteiger partial charge in [0.25, 0.3) is 0 Å². The summed E-state index contributed by atoms with van der Waals surface area (Å²) in [5, 5.41) is 8.72. The summed E-state index contributed by atoms with van der Waals surface area (Å²) in [7, 11) is 4.27. The van der Waals surface area contributed by atoms with Crippen LogP contribution in [0.3, 0.4) is 0 Å². The lowest BCUT2D eigenvalue weighted by molar-refractivity contribution is 0.248. The molecule has 0 bridgehead atoms. The van der Waals surface area contributed by atoms with E-state index in [2.05, 4.69) is 28.9 Å². The standard InChI is InChI=1S/C13H18N4/c1-16-7-3-4-13(10-16)17(2)12-6-5-11(8-14)15-9-12/h5-6,9,13H,3-4,7,10H2,1-2H3. The van der Waals surface area contributed by atoms with Gasteiger partial charge < -0.3 is 9.80 Å². The summed E-state index contributed by atoms with van der Waals surface area (Å²) in [4.78, 5) is 8.75. The number of likely N-dealkylation sites (N-methyl/N-ethyl adjacent to an activating group) is 2. The number of likely N-dealkylation sites (tertiary alicyclic amines) is 1. The Balaban J connectivity index is 2.07. The van der Waals surface area contributed by atoms with Crippen LogP contribution in [0.2, 0.25) is 0 Å². The Morgan fingerprint density at radius 2 is 2.35 bits per heavy atom. The van der Waals surface area contributed by atoms with Gasteiger partial charge in [0.2, 0.25) is 0 Å². The maximum atomic E-state index is 8.72. The Labute approximate surface area is 102 Å².